The van der Waals surface area contributed by atoms with Crippen molar-refractivity contribution >= 4 is 16.9 Å². The Kier molecular flexibility index (Phi) is 6.01. The van der Waals surface area contributed by atoms with E-state index in [1.54, 1.807) is 0 Å². The highest BCUT2D eigenvalue weighted by Gasteiger charge is 2.11. The molecule has 1 N–H and O–H groups in total. The van der Waals surface area contributed by atoms with Crippen LogP contribution in [0.2, 0.25) is 0 Å². The lowest BCUT2D eigenvalue weighted by Gasteiger charge is -2.10. The van der Waals surface area contributed by atoms with Crippen LogP contribution in [0.4, 0.5) is 0 Å². The molecule has 0 aliphatic carbocycles. The second-order valence-corrected chi connectivity index (χ2v) is 7.17. The van der Waals surface area contributed by atoms with Gasteiger partial charge in [0.15, 0.2) is 0 Å². The zero-order chi connectivity index (χ0) is 19.9. The highest BCUT2D eigenvalue weighted by atomic mass is 16.1. The van der Waals surface area contributed by atoms with Crippen molar-refractivity contribution in [3.05, 3.63) is 102 Å². The number of nitrogens with zero attached hydrogens (tertiary/aromatic N) is 2. The molecule has 146 valence electrons. The summed E-state index contributed by atoms with van der Waals surface area (Å²) in [5, 5.41) is 3.04. The average Bonchev–Trinajstić information content (AvgIpc) is 3.11. The predicted molar refractivity (Wildman–Crippen MR) is 117 cm³/mol. The molecule has 29 heavy (non-hydrogen) atoms. The van der Waals surface area contributed by atoms with Gasteiger partial charge < -0.3 is 9.88 Å². The van der Waals surface area contributed by atoms with Crippen LogP contribution < -0.4 is 5.32 Å². The first-order valence-corrected chi connectivity index (χ1v) is 10.1. The van der Waals surface area contributed by atoms with Crippen LogP contribution in [-0.4, -0.2) is 22.0 Å². The maximum atomic E-state index is 12.2. The molecule has 4 nitrogen and oxygen atoms in total. The van der Waals surface area contributed by atoms with E-state index in [0.29, 0.717) is 19.4 Å². The molecule has 1 aromatic heterocycles. The number of aromatic nitrogens is 2. The van der Waals surface area contributed by atoms with Crippen LogP contribution in [0.3, 0.4) is 0 Å². The highest BCUT2D eigenvalue weighted by molar-refractivity contribution is 5.77. The number of para-hydroxylation sites is 2. The number of carbonyl (C=O) groups excluding carboxylic acids is 1. The molecule has 4 aromatic rings. The van der Waals surface area contributed by atoms with Gasteiger partial charge in [0.2, 0.25) is 5.91 Å². The number of imidazole rings is 1. The molecule has 0 aliphatic heterocycles. The molecule has 0 fully saturated rings. The molecule has 4 heteroatoms. The molecule has 0 saturated heterocycles. The molecule has 0 unspecified atom stereocenters. The fourth-order valence-corrected chi connectivity index (χ4v) is 3.56. The SMILES string of the molecule is O=C(CCc1ccccc1)NCCc1nc2ccccc2n1Cc1ccccc1. The number of nitrogens with one attached hydrogen (secondary N) is 1. The van der Waals surface area contributed by atoms with E-state index in [1.165, 1.54) is 11.1 Å². The summed E-state index contributed by atoms with van der Waals surface area (Å²) < 4.78 is 2.25. The second kappa shape index (κ2) is 9.20. The van der Waals surface area contributed by atoms with Crippen molar-refractivity contribution in [2.24, 2.45) is 0 Å². The summed E-state index contributed by atoms with van der Waals surface area (Å²) in [6.45, 7) is 1.37. The molecule has 0 atom stereocenters. The van der Waals surface area contributed by atoms with Crippen LogP contribution in [0.25, 0.3) is 11.0 Å². The maximum Gasteiger partial charge on any atom is 0.220 e. The molecule has 3 aromatic carbocycles. The standard InChI is InChI=1S/C25H25N3O/c29-25(16-15-20-9-3-1-4-10-20)26-18-17-24-27-22-13-7-8-14-23(22)28(24)19-21-11-5-2-6-12-21/h1-14H,15-19H2,(H,26,29). The quantitative estimate of drug-likeness (QED) is 0.491. The molecule has 0 radical (unpaired) electrons. The van der Waals surface area contributed by atoms with Crippen LogP contribution in [0, 0.1) is 0 Å². The van der Waals surface area contributed by atoms with Gasteiger partial charge in [-0.3, -0.25) is 4.79 Å². The summed E-state index contributed by atoms with van der Waals surface area (Å²) in [7, 11) is 0. The summed E-state index contributed by atoms with van der Waals surface area (Å²) in [4.78, 5) is 17.0. The van der Waals surface area contributed by atoms with Gasteiger partial charge in [-0.05, 0) is 29.7 Å². The van der Waals surface area contributed by atoms with E-state index < -0.39 is 0 Å². The summed E-state index contributed by atoms with van der Waals surface area (Å²) in [5.41, 5.74) is 4.55. The maximum absolute atomic E-state index is 12.2. The van der Waals surface area contributed by atoms with Crippen molar-refractivity contribution in [2.75, 3.05) is 6.54 Å². The highest BCUT2D eigenvalue weighted by Crippen LogP contribution is 2.18. The summed E-state index contributed by atoms with van der Waals surface area (Å²) in [6, 6.07) is 28.7. The topological polar surface area (TPSA) is 46.9 Å². The number of benzene rings is 3. The van der Waals surface area contributed by atoms with Crippen LogP contribution >= 0.6 is 0 Å². The van der Waals surface area contributed by atoms with Crippen LogP contribution in [0.15, 0.2) is 84.9 Å². The number of hydrogen-bond donors (Lipinski definition) is 1. The van der Waals surface area contributed by atoms with E-state index in [-0.39, 0.29) is 5.91 Å². The van der Waals surface area contributed by atoms with Crippen molar-refractivity contribution in [3.8, 4) is 0 Å². The molecule has 0 aliphatic rings. The summed E-state index contributed by atoms with van der Waals surface area (Å²) in [6.07, 6.45) is 1.97. The van der Waals surface area contributed by atoms with E-state index in [1.807, 2.05) is 42.5 Å². The van der Waals surface area contributed by atoms with E-state index in [9.17, 15) is 4.79 Å². The van der Waals surface area contributed by atoms with E-state index in [0.717, 1.165) is 29.8 Å². The minimum atomic E-state index is 0.0829. The molecule has 0 saturated carbocycles. The Morgan fingerprint density at radius 3 is 2.21 bits per heavy atom. The Bertz CT molecular complexity index is 1070. The third kappa shape index (κ3) is 4.91. The fraction of sp³-hybridized carbons (Fsp3) is 0.200. The van der Waals surface area contributed by atoms with Gasteiger partial charge >= 0.3 is 0 Å². The fourth-order valence-electron chi connectivity index (χ4n) is 3.56. The monoisotopic (exact) mass is 383 g/mol. The third-order valence-electron chi connectivity index (χ3n) is 5.07. The smallest absolute Gasteiger partial charge is 0.220 e. The minimum absolute atomic E-state index is 0.0829. The number of amides is 1. The van der Waals surface area contributed by atoms with Gasteiger partial charge in [-0.15, -0.1) is 0 Å². The zero-order valence-electron chi connectivity index (χ0n) is 16.4. The first-order valence-electron chi connectivity index (χ1n) is 10.1. The number of aryl methyl sites for hydroxylation is 1. The van der Waals surface area contributed by atoms with Gasteiger partial charge in [-0.1, -0.05) is 72.8 Å². The molecule has 4 rings (SSSR count). The summed E-state index contributed by atoms with van der Waals surface area (Å²) in [5.74, 6) is 1.08. The van der Waals surface area contributed by atoms with Crippen molar-refractivity contribution in [1.82, 2.24) is 14.9 Å². The lowest BCUT2D eigenvalue weighted by atomic mass is 10.1. The van der Waals surface area contributed by atoms with Gasteiger partial charge in [-0.25, -0.2) is 4.98 Å². The number of carbonyl (C=O) groups is 1. The number of hydrogen-bond acceptors (Lipinski definition) is 2. The first-order chi connectivity index (χ1) is 14.3. The van der Waals surface area contributed by atoms with Crippen LogP contribution in [0.5, 0.6) is 0 Å². The van der Waals surface area contributed by atoms with E-state index in [2.05, 4.69) is 52.3 Å². The second-order valence-electron chi connectivity index (χ2n) is 7.17. The lowest BCUT2D eigenvalue weighted by molar-refractivity contribution is -0.121. The normalized spacial score (nSPS) is 10.9. The van der Waals surface area contributed by atoms with E-state index >= 15 is 0 Å². The van der Waals surface area contributed by atoms with Gasteiger partial charge in [0, 0.05) is 25.9 Å². The molecule has 1 amide bonds. The van der Waals surface area contributed by atoms with Crippen molar-refractivity contribution in [3.63, 3.8) is 0 Å². The first kappa shape index (κ1) is 18.9. The van der Waals surface area contributed by atoms with Gasteiger partial charge in [-0.2, -0.15) is 0 Å². The lowest BCUT2D eigenvalue weighted by Crippen LogP contribution is -2.26. The van der Waals surface area contributed by atoms with Gasteiger partial charge in [0.05, 0.1) is 11.0 Å². The van der Waals surface area contributed by atoms with Crippen LogP contribution in [0.1, 0.15) is 23.4 Å². The molecule has 0 bridgehead atoms. The van der Waals surface area contributed by atoms with Crippen LogP contribution in [-0.2, 0) is 24.2 Å². The van der Waals surface area contributed by atoms with Crippen molar-refractivity contribution in [1.29, 1.82) is 0 Å². The van der Waals surface area contributed by atoms with Crippen molar-refractivity contribution in [2.45, 2.75) is 25.8 Å². The number of fused-ring (bicyclic) bond motifs is 1. The van der Waals surface area contributed by atoms with E-state index in [4.69, 9.17) is 4.98 Å². The Balaban J connectivity index is 1.39. The van der Waals surface area contributed by atoms with Gasteiger partial charge in [0.1, 0.15) is 5.82 Å². The molecule has 1 heterocycles. The Hall–Kier alpha value is -3.40. The minimum Gasteiger partial charge on any atom is -0.356 e. The largest absolute Gasteiger partial charge is 0.356 e. The van der Waals surface area contributed by atoms with Crippen molar-refractivity contribution < 1.29 is 4.79 Å². The summed E-state index contributed by atoms with van der Waals surface area (Å²) >= 11 is 0. The Labute approximate surface area is 171 Å². The Morgan fingerprint density at radius 1 is 0.793 bits per heavy atom. The predicted octanol–water partition coefficient (Wildman–Crippen LogP) is 4.38. The zero-order valence-corrected chi connectivity index (χ0v) is 16.4. The third-order valence-corrected chi connectivity index (χ3v) is 5.07. The Morgan fingerprint density at radius 2 is 1.45 bits per heavy atom. The molecular formula is C25H25N3O. The molecule has 0 spiro atoms. The average molecular weight is 383 g/mol. The number of rotatable bonds is 8. The molecular weight excluding hydrogens is 358 g/mol. The van der Waals surface area contributed by atoms with Gasteiger partial charge in [0.25, 0.3) is 0 Å².